The second-order valence-corrected chi connectivity index (χ2v) is 6.16. The quantitative estimate of drug-likeness (QED) is 0.276. The summed E-state index contributed by atoms with van der Waals surface area (Å²) >= 11 is 1.83. The topological polar surface area (TPSA) is 54.2 Å². The molecule has 0 aliphatic carbocycles. The van der Waals surface area contributed by atoms with Gasteiger partial charge in [-0.2, -0.15) is 11.8 Å². The molecule has 0 spiro atoms. The molecule has 24 heavy (non-hydrogen) atoms. The minimum absolute atomic E-state index is 0. The molecule has 7 heteroatoms. The van der Waals surface area contributed by atoms with Crippen LogP contribution in [0.1, 0.15) is 18.1 Å². The number of aliphatic imine (C=N–C) groups is 1. The van der Waals surface area contributed by atoms with E-state index in [0.29, 0.717) is 6.54 Å². The lowest BCUT2D eigenvalue weighted by atomic mass is 10.1. The Morgan fingerprint density at radius 2 is 2.12 bits per heavy atom. The number of hydrogen-bond acceptors (Lipinski definition) is 3. The largest absolute Gasteiger partial charge is 0.357 e. The summed E-state index contributed by atoms with van der Waals surface area (Å²) in [6.45, 7) is 5.38. The summed E-state index contributed by atoms with van der Waals surface area (Å²) in [7, 11) is 0. The molecular weight excluding hydrogens is 433 g/mol. The Labute approximate surface area is 165 Å². The van der Waals surface area contributed by atoms with Crippen LogP contribution in [-0.4, -0.2) is 40.6 Å². The van der Waals surface area contributed by atoms with E-state index in [-0.39, 0.29) is 24.0 Å². The molecule has 1 aromatic carbocycles. The average Bonchev–Trinajstić information content (AvgIpc) is 3.06. The molecule has 132 valence electrons. The summed E-state index contributed by atoms with van der Waals surface area (Å²) in [6, 6.07) is 8.54. The first-order valence-corrected chi connectivity index (χ1v) is 9.26. The molecule has 0 amide bonds. The predicted octanol–water partition coefficient (Wildman–Crippen LogP) is 2.97. The normalized spacial score (nSPS) is 11.0. The van der Waals surface area contributed by atoms with E-state index in [1.54, 1.807) is 6.20 Å². The summed E-state index contributed by atoms with van der Waals surface area (Å²) in [5, 5.41) is 6.63. The van der Waals surface area contributed by atoms with Crippen LogP contribution in [0.5, 0.6) is 0 Å². The fourth-order valence-corrected chi connectivity index (χ4v) is 2.51. The molecule has 0 aliphatic heterocycles. The zero-order valence-corrected chi connectivity index (χ0v) is 17.4. The fourth-order valence-electron chi connectivity index (χ4n) is 2.20. The average molecular weight is 459 g/mol. The van der Waals surface area contributed by atoms with Crippen LogP contribution in [0.3, 0.4) is 0 Å². The number of benzene rings is 1. The van der Waals surface area contributed by atoms with Gasteiger partial charge < -0.3 is 15.2 Å². The molecule has 0 saturated carbocycles. The Morgan fingerprint density at radius 1 is 1.29 bits per heavy atom. The minimum Gasteiger partial charge on any atom is -0.357 e. The van der Waals surface area contributed by atoms with E-state index in [1.807, 2.05) is 24.3 Å². The Hall–Kier alpha value is -1.22. The highest BCUT2D eigenvalue weighted by atomic mass is 127. The van der Waals surface area contributed by atoms with E-state index in [0.717, 1.165) is 31.3 Å². The van der Waals surface area contributed by atoms with Crippen molar-refractivity contribution >= 4 is 41.7 Å². The lowest BCUT2D eigenvalue weighted by Crippen LogP contribution is -2.38. The smallest absolute Gasteiger partial charge is 0.191 e. The number of hydrogen-bond donors (Lipinski definition) is 2. The molecule has 0 fully saturated rings. The zero-order chi connectivity index (χ0) is 16.3. The summed E-state index contributed by atoms with van der Waals surface area (Å²) in [4.78, 5) is 8.74. The maximum Gasteiger partial charge on any atom is 0.191 e. The van der Waals surface area contributed by atoms with Gasteiger partial charge in [-0.05, 0) is 24.3 Å². The number of nitrogens with one attached hydrogen (secondary N) is 2. The van der Waals surface area contributed by atoms with E-state index >= 15 is 0 Å². The number of halogens is 1. The third-order valence-corrected chi connectivity index (χ3v) is 3.89. The Balaban J connectivity index is 0.00000288. The second kappa shape index (κ2) is 12.2. The van der Waals surface area contributed by atoms with E-state index in [9.17, 15) is 0 Å². The van der Waals surface area contributed by atoms with Crippen LogP contribution >= 0.6 is 35.7 Å². The van der Waals surface area contributed by atoms with E-state index in [1.165, 1.54) is 11.1 Å². The van der Waals surface area contributed by atoms with Gasteiger partial charge in [0, 0.05) is 37.8 Å². The van der Waals surface area contributed by atoms with Gasteiger partial charge in [0.2, 0.25) is 0 Å². The van der Waals surface area contributed by atoms with E-state index < -0.39 is 0 Å². The number of guanidine groups is 1. The van der Waals surface area contributed by atoms with E-state index in [4.69, 9.17) is 0 Å². The molecule has 0 bridgehead atoms. The highest BCUT2D eigenvalue weighted by Crippen LogP contribution is 2.08. The van der Waals surface area contributed by atoms with Crippen LogP contribution in [0.2, 0.25) is 0 Å². The van der Waals surface area contributed by atoms with Gasteiger partial charge in [-0.1, -0.05) is 24.3 Å². The Kier molecular flexibility index (Phi) is 10.6. The Bertz CT molecular complexity index is 601. The SMILES string of the molecule is CCNC(=NCc1cccc(Cn2ccnc2)c1)NCCSC.I. The summed E-state index contributed by atoms with van der Waals surface area (Å²) in [5.41, 5.74) is 2.47. The third-order valence-electron chi connectivity index (χ3n) is 3.28. The minimum atomic E-state index is 0. The van der Waals surface area contributed by atoms with Gasteiger partial charge in [0.1, 0.15) is 0 Å². The number of thioether (sulfide) groups is 1. The van der Waals surface area contributed by atoms with E-state index in [2.05, 4.69) is 62.6 Å². The first kappa shape index (κ1) is 20.8. The number of nitrogens with zero attached hydrogens (tertiary/aromatic N) is 3. The van der Waals surface area contributed by atoms with Gasteiger partial charge in [0.15, 0.2) is 5.96 Å². The maximum absolute atomic E-state index is 4.66. The molecule has 0 saturated heterocycles. The summed E-state index contributed by atoms with van der Waals surface area (Å²) < 4.78 is 2.07. The van der Waals surface area contributed by atoms with Crippen LogP contribution < -0.4 is 10.6 Å². The van der Waals surface area contributed by atoms with Crippen molar-refractivity contribution in [1.82, 2.24) is 20.2 Å². The molecular formula is C17H26IN5S. The van der Waals surface area contributed by atoms with Gasteiger partial charge in [0.25, 0.3) is 0 Å². The summed E-state index contributed by atoms with van der Waals surface area (Å²) in [6.07, 6.45) is 7.72. The molecule has 2 N–H and O–H groups in total. The highest BCUT2D eigenvalue weighted by Gasteiger charge is 1.99. The second-order valence-electron chi connectivity index (χ2n) is 5.17. The van der Waals surface area contributed by atoms with Gasteiger partial charge in [0.05, 0.1) is 12.9 Å². The van der Waals surface area contributed by atoms with Crippen LogP contribution in [-0.2, 0) is 13.1 Å². The number of aromatic nitrogens is 2. The molecule has 1 aromatic heterocycles. The van der Waals surface area contributed by atoms with Crippen molar-refractivity contribution in [2.75, 3.05) is 25.1 Å². The maximum atomic E-state index is 4.66. The monoisotopic (exact) mass is 459 g/mol. The Morgan fingerprint density at radius 3 is 2.83 bits per heavy atom. The first-order valence-electron chi connectivity index (χ1n) is 7.86. The molecule has 2 aromatic rings. The fraction of sp³-hybridized carbons (Fsp3) is 0.412. The molecule has 1 heterocycles. The van der Waals surface area contributed by atoms with Crippen molar-refractivity contribution in [3.63, 3.8) is 0 Å². The van der Waals surface area contributed by atoms with Gasteiger partial charge >= 0.3 is 0 Å². The van der Waals surface area contributed by atoms with Crippen molar-refractivity contribution in [3.8, 4) is 0 Å². The number of rotatable bonds is 8. The van der Waals surface area contributed by atoms with Crippen molar-refractivity contribution in [3.05, 3.63) is 54.1 Å². The highest BCUT2D eigenvalue weighted by molar-refractivity contribution is 14.0. The van der Waals surface area contributed by atoms with Crippen molar-refractivity contribution in [2.24, 2.45) is 4.99 Å². The molecule has 5 nitrogen and oxygen atoms in total. The van der Waals surface area contributed by atoms with Gasteiger partial charge in [-0.3, -0.25) is 0 Å². The summed E-state index contributed by atoms with van der Waals surface area (Å²) in [5.74, 6) is 1.95. The van der Waals surface area contributed by atoms with Crippen LogP contribution in [0.4, 0.5) is 0 Å². The van der Waals surface area contributed by atoms with Crippen LogP contribution in [0.15, 0.2) is 48.0 Å². The van der Waals surface area contributed by atoms with Crippen molar-refractivity contribution in [1.29, 1.82) is 0 Å². The first-order chi connectivity index (χ1) is 11.3. The molecule has 0 unspecified atom stereocenters. The van der Waals surface area contributed by atoms with Crippen molar-refractivity contribution < 1.29 is 0 Å². The lowest BCUT2D eigenvalue weighted by Gasteiger charge is -2.11. The van der Waals surface area contributed by atoms with Crippen molar-refractivity contribution in [2.45, 2.75) is 20.0 Å². The molecule has 0 aliphatic rings. The predicted molar refractivity (Wildman–Crippen MR) is 114 cm³/mol. The molecule has 2 rings (SSSR count). The standard InChI is InChI=1S/C17H25N5S.HI/c1-3-19-17(20-8-10-23-2)21-12-15-5-4-6-16(11-15)13-22-9-7-18-14-22;/h4-7,9,11,14H,3,8,10,12-13H2,1-2H3,(H2,19,20,21);1H. The van der Waals surface area contributed by atoms with Gasteiger partial charge in [-0.25, -0.2) is 9.98 Å². The van der Waals surface area contributed by atoms with Crippen LogP contribution in [0, 0.1) is 0 Å². The lowest BCUT2D eigenvalue weighted by molar-refractivity contribution is 0.794. The third kappa shape index (κ3) is 7.57. The van der Waals surface area contributed by atoms with Crippen LogP contribution in [0.25, 0.3) is 0 Å². The zero-order valence-electron chi connectivity index (χ0n) is 14.2. The molecule has 0 atom stereocenters. The number of imidazole rings is 1. The molecule has 0 radical (unpaired) electrons. The van der Waals surface area contributed by atoms with Gasteiger partial charge in [-0.15, -0.1) is 24.0 Å².